The van der Waals surface area contributed by atoms with Crippen molar-refractivity contribution in [2.75, 3.05) is 11.1 Å². The van der Waals surface area contributed by atoms with Crippen molar-refractivity contribution < 1.29 is 4.79 Å². The number of hydrogen-bond donors (Lipinski definition) is 2. The number of benzene rings is 2. The lowest BCUT2D eigenvalue weighted by Crippen LogP contribution is -2.12. The van der Waals surface area contributed by atoms with Crippen molar-refractivity contribution in [2.24, 2.45) is 0 Å². The fraction of sp³-hybridized carbons (Fsp3) is 0.133. The highest BCUT2D eigenvalue weighted by Crippen LogP contribution is 2.21. The van der Waals surface area contributed by atoms with Crippen LogP contribution in [0.1, 0.15) is 22.8 Å². The van der Waals surface area contributed by atoms with Gasteiger partial charge in [-0.2, -0.15) is 0 Å². The van der Waals surface area contributed by atoms with Gasteiger partial charge in [0, 0.05) is 21.4 Å². The summed E-state index contributed by atoms with van der Waals surface area (Å²) in [6.07, 6.45) is 0.984. The van der Waals surface area contributed by atoms with E-state index in [0.29, 0.717) is 11.3 Å². The summed E-state index contributed by atoms with van der Waals surface area (Å²) in [5.41, 5.74) is 8.88. The van der Waals surface area contributed by atoms with E-state index in [1.54, 1.807) is 18.2 Å². The lowest BCUT2D eigenvalue weighted by Gasteiger charge is -2.07. The maximum Gasteiger partial charge on any atom is 0.255 e. The van der Waals surface area contributed by atoms with Crippen molar-refractivity contribution in [3.63, 3.8) is 0 Å². The van der Waals surface area contributed by atoms with Crippen molar-refractivity contribution in [1.82, 2.24) is 0 Å². The maximum absolute atomic E-state index is 12.1. The monoisotopic (exact) mass is 318 g/mol. The van der Waals surface area contributed by atoms with E-state index >= 15 is 0 Å². The van der Waals surface area contributed by atoms with E-state index in [0.717, 1.165) is 16.6 Å². The van der Waals surface area contributed by atoms with Gasteiger partial charge in [-0.15, -0.1) is 0 Å². The van der Waals surface area contributed by atoms with Crippen LogP contribution in [0.4, 0.5) is 11.4 Å². The Kier molecular flexibility index (Phi) is 4.22. The SMILES string of the molecule is CCc1ccc(NC(=O)c2ccc(Br)c(N)c2)cc1. The van der Waals surface area contributed by atoms with Crippen LogP contribution in [-0.4, -0.2) is 5.91 Å². The third-order valence-electron chi connectivity index (χ3n) is 2.88. The van der Waals surface area contributed by atoms with Crippen LogP contribution in [0.15, 0.2) is 46.9 Å². The molecule has 0 saturated heterocycles. The van der Waals surface area contributed by atoms with E-state index in [1.165, 1.54) is 5.56 Å². The van der Waals surface area contributed by atoms with Gasteiger partial charge in [0.2, 0.25) is 0 Å². The standard InChI is InChI=1S/C15H15BrN2O/c1-2-10-3-6-12(7-4-10)18-15(19)11-5-8-13(16)14(17)9-11/h3-9H,2,17H2,1H3,(H,18,19). The number of halogens is 1. The van der Waals surface area contributed by atoms with Gasteiger partial charge in [0.15, 0.2) is 0 Å². The van der Waals surface area contributed by atoms with Crippen molar-refractivity contribution in [3.8, 4) is 0 Å². The van der Waals surface area contributed by atoms with Gasteiger partial charge in [0.25, 0.3) is 5.91 Å². The van der Waals surface area contributed by atoms with Gasteiger partial charge in [-0.3, -0.25) is 4.79 Å². The summed E-state index contributed by atoms with van der Waals surface area (Å²) in [5, 5.41) is 2.85. The van der Waals surface area contributed by atoms with Crippen LogP contribution in [0, 0.1) is 0 Å². The number of amides is 1. The molecule has 2 aromatic carbocycles. The largest absolute Gasteiger partial charge is 0.398 e. The summed E-state index contributed by atoms with van der Waals surface area (Å²) >= 11 is 3.30. The van der Waals surface area contributed by atoms with E-state index < -0.39 is 0 Å². The molecular formula is C15H15BrN2O. The van der Waals surface area contributed by atoms with Gasteiger partial charge in [-0.05, 0) is 58.2 Å². The van der Waals surface area contributed by atoms with Gasteiger partial charge in [-0.25, -0.2) is 0 Å². The highest BCUT2D eigenvalue weighted by molar-refractivity contribution is 9.10. The average Bonchev–Trinajstić information content (AvgIpc) is 2.42. The Hall–Kier alpha value is -1.81. The first-order valence-corrected chi connectivity index (χ1v) is 6.84. The van der Waals surface area contributed by atoms with E-state index in [1.807, 2.05) is 24.3 Å². The number of nitrogen functional groups attached to an aromatic ring is 1. The molecule has 0 aliphatic heterocycles. The molecule has 0 fully saturated rings. The summed E-state index contributed by atoms with van der Waals surface area (Å²) in [7, 11) is 0. The molecule has 0 heterocycles. The lowest BCUT2D eigenvalue weighted by molar-refractivity contribution is 0.102. The molecule has 2 rings (SSSR count). The Labute approximate surface area is 121 Å². The van der Waals surface area contributed by atoms with Gasteiger partial charge >= 0.3 is 0 Å². The number of hydrogen-bond acceptors (Lipinski definition) is 2. The molecule has 0 spiro atoms. The third kappa shape index (κ3) is 3.35. The van der Waals surface area contributed by atoms with E-state index in [2.05, 4.69) is 28.2 Å². The molecule has 98 valence electrons. The van der Waals surface area contributed by atoms with Crippen molar-refractivity contribution >= 4 is 33.2 Å². The molecule has 4 heteroatoms. The third-order valence-corrected chi connectivity index (χ3v) is 3.60. The van der Waals surface area contributed by atoms with Crippen molar-refractivity contribution in [3.05, 3.63) is 58.1 Å². The minimum Gasteiger partial charge on any atom is -0.398 e. The maximum atomic E-state index is 12.1. The molecule has 0 aliphatic rings. The average molecular weight is 319 g/mol. The fourth-order valence-electron chi connectivity index (χ4n) is 1.71. The van der Waals surface area contributed by atoms with Crippen molar-refractivity contribution in [2.45, 2.75) is 13.3 Å². The molecule has 2 aromatic rings. The van der Waals surface area contributed by atoms with Crippen molar-refractivity contribution in [1.29, 1.82) is 0 Å². The predicted molar refractivity (Wildman–Crippen MR) is 82.3 cm³/mol. The Morgan fingerprint density at radius 1 is 1.21 bits per heavy atom. The number of nitrogens with two attached hydrogens (primary N) is 1. The van der Waals surface area contributed by atoms with Crippen LogP contribution in [0.2, 0.25) is 0 Å². The highest BCUT2D eigenvalue weighted by Gasteiger charge is 2.07. The van der Waals surface area contributed by atoms with Crippen LogP contribution in [0.3, 0.4) is 0 Å². The van der Waals surface area contributed by atoms with E-state index in [-0.39, 0.29) is 5.91 Å². The highest BCUT2D eigenvalue weighted by atomic mass is 79.9. The quantitative estimate of drug-likeness (QED) is 0.845. The molecule has 0 radical (unpaired) electrons. The van der Waals surface area contributed by atoms with Crippen LogP contribution in [0.5, 0.6) is 0 Å². The summed E-state index contributed by atoms with van der Waals surface area (Å²) in [4.78, 5) is 12.1. The molecule has 0 bridgehead atoms. The smallest absolute Gasteiger partial charge is 0.255 e. The molecule has 0 atom stereocenters. The first-order chi connectivity index (χ1) is 9.10. The summed E-state index contributed by atoms with van der Waals surface area (Å²) in [6, 6.07) is 13.0. The molecule has 3 N–H and O–H groups in total. The summed E-state index contributed by atoms with van der Waals surface area (Å²) in [5.74, 6) is -0.163. The zero-order chi connectivity index (χ0) is 13.8. The Bertz CT molecular complexity index is 594. The van der Waals surface area contributed by atoms with E-state index in [4.69, 9.17) is 5.73 Å². The van der Waals surface area contributed by atoms with Gasteiger partial charge in [0.1, 0.15) is 0 Å². The second-order valence-electron chi connectivity index (χ2n) is 4.24. The van der Waals surface area contributed by atoms with E-state index in [9.17, 15) is 4.79 Å². The fourth-order valence-corrected chi connectivity index (χ4v) is 1.96. The predicted octanol–water partition coefficient (Wildman–Crippen LogP) is 3.85. The minimum atomic E-state index is -0.163. The summed E-state index contributed by atoms with van der Waals surface area (Å²) < 4.78 is 0.788. The van der Waals surface area contributed by atoms with Gasteiger partial charge < -0.3 is 11.1 Å². The van der Waals surface area contributed by atoms with Crippen LogP contribution in [-0.2, 0) is 6.42 Å². The molecular weight excluding hydrogens is 304 g/mol. The van der Waals surface area contributed by atoms with Gasteiger partial charge in [-0.1, -0.05) is 19.1 Å². The number of carbonyl (C=O) groups excluding carboxylic acids is 1. The Morgan fingerprint density at radius 2 is 1.89 bits per heavy atom. The molecule has 1 amide bonds. The number of carbonyl (C=O) groups is 1. The number of anilines is 2. The summed E-state index contributed by atoms with van der Waals surface area (Å²) in [6.45, 7) is 2.10. The Morgan fingerprint density at radius 3 is 2.47 bits per heavy atom. The van der Waals surface area contributed by atoms with Crippen LogP contribution >= 0.6 is 15.9 Å². The molecule has 3 nitrogen and oxygen atoms in total. The molecule has 19 heavy (non-hydrogen) atoms. The number of aryl methyl sites for hydroxylation is 1. The second-order valence-corrected chi connectivity index (χ2v) is 5.10. The first kappa shape index (κ1) is 13.6. The molecule has 0 saturated carbocycles. The zero-order valence-corrected chi connectivity index (χ0v) is 12.2. The topological polar surface area (TPSA) is 55.1 Å². The number of nitrogens with one attached hydrogen (secondary N) is 1. The van der Waals surface area contributed by atoms with Gasteiger partial charge in [0.05, 0.1) is 0 Å². The number of rotatable bonds is 3. The zero-order valence-electron chi connectivity index (χ0n) is 10.6. The lowest BCUT2D eigenvalue weighted by atomic mass is 10.1. The minimum absolute atomic E-state index is 0.163. The van der Waals surface area contributed by atoms with Crippen LogP contribution in [0.25, 0.3) is 0 Å². The second kappa shape index (κ2) is 5.89. The molecule has 0 aliphatic carbocycles. The van der Waals surface area contributed by atoms with Crippen LogP contribution < -0.4 is 11.1 Å². The normalized spacial score (nSPS) is 10.2. The molecule has 0 aromatic heterocycles. The Balaban J connectivity index is 2.13. The first-order valence-electron chi connectivity index (χ1n) is 6.05. The molecule has 0 unspecified atom stereocenters.